The molecule has 1 N–H and O–H groups in total. The first-order valence-electron chi connectivity index (χ1n) is 9.60. The highest BCUT2D eigenvalue weighted by Gasteiger charge is 2.59. The van der Waals surface area contributed by atoms with Crippen molar-refractivity contribution < 1.29 is 9.18 Å². The van der Waals surface area contributed by atoms with Crippen molar-refractivity contribution in [2.75, 3.05) is 26.2 Å². The SMILES string of the molecule is O=C(c1cccs1)[N+]1(CC2CC2)CC2(CCNCC2)c2cc(F)ccc21. The molecule has 5 heteroatoms. The molecule has 1 atom stereocenters. The van der Waals surface area contributed by atoms with Gasteiger partial charge in [0.1, 0.15) is 22.9 Å². The number of nitrogens with zero attached hydrogens (tertiary/aromatic N) is 1. The Balaban J connectivity index is 1.68. The lowest BCUT2D eigenvalue weighted by Crippen LogP contribution is -2.58. The summed E-state index contributed by atoms with van der Waals surface area (Å²) in [6.45, 7) is 3.53. The van der Waals surface area contributed by atoms with Gasteiger partial charge in [-0.3, -0.25) is 0 Å². The molecule has 2 fully saturated rings. The van der Waals surface area contributed by atoms with Crippen molar-refractivity contribution in [3.05, 3.63) is 52.0 Å². The van der Waals surface area contributed by atoms with E-state index in [9.17, 15) is 9.18 Å². The van der Waals surface area contributed by atoms with Crippen molar-refractivity contribution in [3.8, 4) is 0 Å². The Kier molecular flexibility index (Phi) is 3.82. The van der Waals surface area contributed by atoms with Gasteiger partial charge in [0.25, 0.3) is 0 Å². The van der Waals surface area contributed by atoms with Crippen molar-refractivity contribution in [1.82, 2.24) is 9.80 Å². The third-order valence-electron chi connectivity index (χ3n) is 6.51. The van der Waals surface area contributed by atoms with Gasteiger partial charge >= 0.3 is 5.91 Å². The minimum atomic E-state index is -0.184. The van der Waals surface area contributed by atoms with Gasteiger partial charge in [0.15, 0.2) is 0 Å². The molecule has 26 heavy (non-hydrogen) atoms. The number of fused-ring (bicyclic) bond motifs is 2. The molecule has 1 spiro atoms. The Labute approximate surface area is 157 Å². The normalized spacial score (nSPS) is 26.8. The van der Waals surface area contributed by atoms with Crippen LogP contribution >= 0.6 is 11.3 Å². The van der Waals surface area contributed by atoms with Gasteiger partial charge < -0.3 is 5.32 Å². The molecule has 3 aliphatic rings. The second kappa shape index (κ2) is 5.98. The molecule has 5 rings (SSSR count). The van der Waals surface area contributed by atoms with Crippen molar-refractivity contribution in [1.29, 1.82) is 0 Å². The Bertz CT molecular complexity index is 840. The van der Waals surface area contributed by atoms with E-state index in [0.717, 1.165) is 55.1 Å². The Morgan fingerprint density at radius 3 is 2.77 bits per heavy atom. The number of halogens is 1. The molecule has 3 nitrogen and oxygen atoms in total. The first-order valence-corrected chi connectivity index (χ1v) is 10.5. The molecule has 3 heterocycles. The van der Waals surface area contributed by atoms with E-state index in [2.05, 4.69) is 5.32 Å². The van der Waals surface area contributed by atoms with E-state index in [-0.39, 0.29) is 17.1 Å². The molecule has 136 valence electrons. The zero-order valence-electron chi connectivity index (χ0n) is 14.8. The molecular weight excluding hydrogens is 347 g/mol. The van der Waals surface area contributed by atoms with Crippen LogP contribution in [0, 0.1) is 11.7 Å². The predicted molar refractivity (Wildman–Crippen MR) is 103 cm³/mol. The Hall–Kier alpha value is -1.56. The molecule has 1 saturated heterocycles. The van der Waals surface area contributed by atoms with E-state index in [0.29, 0.717) is 10.4 Å². The standard InChI is InChI=1S/C21H24FN2OS/c22-16-5-6-18-17(12-16)21(7-9-23-10-8-21)14-24(18,13-15-3-4-15)20(25)19-2-1-11-26-19/h1-2,5-6,11-12,15,23H,3-4,7-10,13-14H2/q+1. The van der Waals surface area contributed by atoms with Crippen LogP contribution in [0.2, 0.25) is 0 Å². The van der Waals surface area contributed by atoms with Crippen molar-refractivity contribution >= 4 is 22.9 Å². The van der Waals surface area contributed by atoms with E-state index in [1.807, 2.05) is 23.6 Å². The molecule has 1 aliphatic carbocycles. The minimum Gasteiger partial charge on any atom is -0.317 e. The maximum Gasteiger partial charge on any atom is 0.360 e. The fourth-order valence-corrected chi connectivity index (χ4v) is 5.84. The first-order chi connectivity index (χ1) is 12.6. The Morgan fingerprint density at radius 2 is 2.08 bits per heavy atom. The van der Waals surface area contributed by atoms with Crippen LogP contribution in [0.4, 0.5) is 10.1 Å². The van der Waals surface area contributed by atoms with Crippen LogP contribution < -0.4 is 9.80 Å². The van der Waals surface area contributed by atoms with Crippen LogP contribution in [0.3, 0.4) is 0 Å². The summed E-state index contributed by atoms with van der Waals surface area (Å²) in [4.78, 5) is 14.6. The number of thiophene rings is 1. The lowest BCUT2D eigenvalue weighted by molar-refractivity contribution is 0.0736. The van der Waals surface area contributed by atoms with Crippen LogP contribution in [-0.4, -0.2) is 32.1 Å². The fourth-order valence-electron chi connectivity index (χ4n) is 5.11. The third kappa shape index (κ3) is 2.48. The van der Waals surface area contributed by atoms with E-state index < -0.39 is 0 Å². The number of hydrogen-bond donors (Lipinski definition) is 1. The van der Waals surface area contributed by atoms with Gasteiger partial charge in [-0.25, -0.2) is 13.7 Å². The van der Waals surface area contributed by atoms with Gasteiger partial charge in [-0.1, -0.05) is 6.07 Å². The highest BCUT2D eigenvalue weighted by molar-refractivity contribution is 7.12. The lowest BCUT2D eigenvalue weighted by Gasteiger charge is -2.37. The molecule has 1 saturated carbocycles. The number of carbonyl (C=O) groups is 1. The second-order valence-corrected chi connectivity index (χ2v) is 9.17. The number of benzene rings is 1. The summed E-state index contributed by atoms with van der Waals surface area (Å²) in [6, 6.07) is 9.05. The zero-order valence-corrected chi connectivity index (χ0v) is 15.7. The van der Waals surface area contributed by atoms with E-state index in [4.69, 9.17) is 0 Å². The molecule has 1 aromatic carbocycles. The number of nitrogens with one attached hydrogen (secondary N) is 1. The number of hydrogen-bond acceptors (Lipinski definition) is 3. The molecule has 1 aromatic heterocycles. The number of quaternary nitrogens is 1. The smallest absolute Gasteiger partial charge is 0.317 e. The van der Waals surface area contributed by atoms with Gasteiger partial charge in [-0.2, -0.15) is 0 Å². The summed E-state index contributed by atoms with van der Waals surface area (Å²) in [5.74, 6) is 0.639. The number of rotatable bonds is 3. The highest BCUT2D eigenvalue weighted by Crippen LogP contribution is 2.52. The zero-order chi connectivity index (χ0) is 17.8. The predicted octanol–water partition coefficient (Wildman–Crippen LogP) is 4.08. The summed E-state index contributed by atoms with van der Waals surface area (Å²) in [5.41, 5.74) is 2.06. The monoisotopic (exact) mass is 371 g/mol. The molecule has 0 bridgehead atoms. The summed E-state index contributed by atoms with van der Waals surface area (Å²) in [6.07, 6.45) is 4.38. The molecule has 1 unspecified atom stereocenters. The van der Waals surface area contributed by atoms with Gasteiger partial charge in [-0.15, -0.1) is 11.3 Å². The largest absolute Gasteiger partial charge is 0.360 e. The van der Waals surface area contributed by atoms with Crippen LogP contribution in [-0.2, 0) is 5.41 Å². The van der Waals surface area contributed by atoms with E-state index >= 15 is 0 Å². The maximum atomic E-state index is 14.2. The van der Waals surface area contributed by atoms with Crippen LogP contribution in [0.25, 0.3) is 0 Å². The maximum absolute atomic E-state index is 14.2. The molecular formula is C21H24FN2OS+. The Morgan fingerprint density at radius 1 is 1.27 bits per heavy atom. The van der Waals surface area contributed by atoms with Crippen LogP contribution in [0.15, 0.2) is 35.7 Å². The average molecular weight is 372 g/mol. The van der Waals surface area contributed by atoms with Crippen molar-refractivity contribution in [2.45, 2.75) is 31.1 Å². The van der Waals surface area contributed by atoms with Gasteiger partial charge in [0, 0.05) is 17.5 Å². The number of amides is 1. The van der Waals surface area contributed by atoms with Crippen LogP contribution in [0.1, 0.15) is 40.9 Å². The second-order valence-electron chi connectivity index (χ2n) is 8.23. The summed E-state index contributed by atoms with van der Waals surface area (Å²) >= 11 is 1.53. The quantitative estimate of drug-likeness (QED) is 0.824. The van der Waals surface area contributed by atoms with Crippen molar-refractivity contribution in [3.63, 3.8) is 0 Å². The minimum absolute atomic E-state index is 0.0789. The molecule has 1 amide bonds. The summed E-state index contributed by atoms with van der Waals surface area (Å²) in [5, 5.41) is 5.41. The average Bonchev–Trinajstić information content (AvgIpc) is 3.21. The molecule has 2 aliphatic heterocycles. The summed E-state index contributed by atoms with van der Waals surface area (Å²) in [7, 11) is 0. The van der Waals surface area contributed by atoms with Gasteiger partial charge in [-0.05, 0) is 62.4 Å². The van der Waals surface area contributed by atoms with Crippen LogP contribution in [0.5, 0.6) is 0 Å². The fraction of sp³-hybridized carbons (Fsp3) is 0.476. The topological polar surface area (TPSA) is 29.1 Å². The number of piperidine rings is 1. The summed E-state index contributed by atoms with van der Waals surface area (Å²) < 4.78 is 14.6. The van der Waals surface area contributed by atoms with Crippen molar-refractivity contribution in [2.24, 2.45) is 5.92 Å². The number of carbonyl (C=O) groups excluding carboxylic acids is 1. The van der Waals surface area contributed by atoms with E-state index in [1.54, 1.807) is 12.1 Å². The molecule has 0 radical (unpaired) electrons. The van der Waals surface area contributed by atoms with Gasteiger partial charge in [0.2, 0.25) is 0 Å². The third-order valence-corrected chi connectivity index (χ3v) is 7.37. The van der Waals surface area contributed by atoms with Gasteiger partial charge in [0.05, 0.1) is 12.0 Å². The van der Waals surface area contributed by atoms with E-state index in [1.165, 1.54) is 24.2 Å². The lowest BCUT2D eigenvalue weighted by atomic mass is 9.74. The first kappa shape index (κ1) is 16.6. The highest BCUT2D eigenvalue weighted by atomic mass is 32.1. The molecule has 2 aromatic rings.